The molecule has 1 amide bonds. The molecule has 0 fully saturated rings. The Kier molecular flexibility index (Phi) is 5.76. The van der Waals surface area contributed by atoms with Crippen molar-refractivity contribution in [3.63, 3.8) is 0 Å². The number of rotatable bonds is 6. The maximum Gasteiger partial charge on any atom is 0.221 e. The summed E-state index contributed by atoms with van der Waals surface area (Å²) in [6.45, 7) is 1.47. The van der Waals surface area contributed by atoms with E-state index in [0.29, 0.717) is 40.0 Å². The summed E-state index contributed by atoms with van der Waals surface area (Å²) in [5.41, 5.74) is 9.58. The van der Waals surface area contributed by atoms with E-state index in [-0.39, 0.29) is 5.91 Å². The summed E-state index contributed by atoms with van der Waals surface area (Å²) in [4.78, 5) is 20.8. The van der Waals surface area contributed by atoms with Crippen molar-refractivity contribution < 1.29 is 14.3 Å². The van der Waals surface area contributed by atoms with Crippen LogP contribution in [0.1, 0.15) is 6.92 Å². The summed E-state index contributed by atoms with van der Waals surface area (Å²) in [7, 11) is 3.17. The molecular formula is C24H23N5O3. The van der Waals surface area contributed by atoms with Crippen LogP contribution in [0.4, 0.5) is 22.9 Å². The highest BCUT2D eigenvalue weighted by Crippen LogP contribution is 2.36. The first kappa shape index (κ1) is 20.9. The quantitative estimate of drug-likeness (QED) is 0.384. The second kappa shape index (κ2) is 8.81. The van der Waals surface area contributed by atoms with Gasteiger partial charge in [-0.2, -0.15) is 0 Å². The molecule has 0 aliphatic heterocycles. The van der Waals surface area contributed by atoms with E-state index in [1.165, 1.54) is 6.92 Å². The average molecular weight is 429 g/mol. The third-order valence-electron chi connectivity index (χ3n) is 4.81. The van der Waals surface area contributed by atoms with Gasteiger partial charge in [0.2, 0.25) is 5.91 Å². The van der Waals surface area contributed by atoms with Crippen molar-refractivity contribution in [3.05, 3.63) is 60.7 Å². The van der Waals surface area contributed by atoms with Gasteiger partial charge in [-0.25, -0.2) is 9.97 Å². The Hall–Kier alpha value is -4.33. The highest BCUT2D eigenvalue weighted by atomic mass is 16.5. The van der Waals surface area contributed by atoms with Crippen molar-refractivity contribution in [1.82, 2.24) is 9.97 Å². The second-order valence-electron chi connectivity index (χ2n) is 7.13. The molecule has 4 rings (SSSR count). The van der Waals surface area contributed by atoms with E-state index in [4.69, 9.17) is 25.2 Å². The molecule has 0 aliphatic rings. The normalized spacial score (nSPS) is 10.6. The molecule has 4 N–H and O–H groups in total. The summed E-state index contributed by atoms with van der Waals surface area (Å²) in [6, 6.07) is 18.4. The SMILES string of the molecule is COc1cc2nc(-c3cccc(N)c3)nc(Nc3ccc(NC(C)=O)cc3)c2cc1OC. The van der Waals surface area contributed by atoms with Gasteiger partial charge in [-0.1, -0.05) is 12.1 Å². The Morgan fingerprint density at radius 1 is 0.906 bits per heavy atom. The Morgan fingerprint density at radius 3 is 2.25 bits per heavy atom. The average Bonchev–Trinajstić information content (AvgIpc) is 2.79. The van der Waals surface area contributed by atoms with E-state index in [2.05, 4.69) is 10.6 Å². The van der Waals surface area contributed by atoms with Crippen LogP contribution < -0.4 is 25.8 Å². The van der Waals surface area contributed by atoms with Crippen LogP contribution in [-0.4, -0.2) is 30.1 Å². The fraction of sp³-hybridized carbons (Fsp3) is 0.125. The number of amides is 1. The lowest BCUT2D eigenvalue weighted by Gasteiger charge is -2.14. The number of carbonyl (C=O) groups excluding carboxylic acids is 1. The molecule has 4 aromatic rings. The second-order valence-corrected chi connectivity index (χ2v) is 7.13. The number of methoxy groups -OCH3 is 2. The van der Waals surface area contributed by atoms with Crippen LogP contribution in [0, 0.1) is 0 Å². The standard InChI is InChI=1S/C24H23N5O3/c1-14(30)26-17-7-9-18(10-8-17)27-24-19-12-21(31-2)22(32-3)13-20(19)28-23(29-24)15-5-4-6-16(25)11-15/h4-13H,25H2,1-3H3,(H,26,30)(H,27,28,29). The molecule has 0 atom stereocenters. The largest absolute Gasteiger partial charge is 0.493 e. The highest BCUT2D eigenvalue weighted by Gasteiger charge is 2.15. The Balaban J connectivity index is 1.83. The number of hydrogen-bond acceptors (Lipinski definition) is 7. The highest BCUT2D eigenvalue weighted by molar-refractivity contribution is 5.95. The molecule has 8 heteroatoms. The predicted octanol–water partition coefficient (Wildman–Crippen LogP) is 4.60. The van der Waals surface area contributed by atoms with Crippen LogP contribution >= 0.6 is 0 Å². The molecule has 32 heavy (non-hydrogen) atoms. The van der Waals surface area contributed by atoms with Gasteiger partial charge in [-0.05, 0) is 42.5 Å². The number of nitrogen functional groups attached to an aromatic ring is 1. The maximum absolute atomic E-state index is 11.3. The molecule has 0 radical (unpaired) electrons. The monoisotopic (exact) mass is 429 g/mol. The number of benzene rings is 3. The fourth-order valence-corrected chi connectivity index (χ4v) is 3.33. The third kappa shape index (κ3) is 4.39. The third-order valence-corrected chi connectivity index (χ3v) is 4.81. The zero-order valence-electron chi connectivity index (χ0n) is 18.0. The number of nitrogens with two attached hydrogens (primary N) is 1. The smallest absolute Gasteiger partial charge is 0.221 e. The summed E-state index contributed by atoms with van der Waals surface area (Å²) in [5, 5.41) is 6.87. The topological polar surface area (TPSA) is 111 Å². The van der Waals surface area contributed by atoms with Gasteiger partial charge in [-0.3, -0.25) is 4.79 Å². The summed E-state index contributed by atoms with van der Waals surface area (Å²) in [5.74, 6) is 2.14. The molecule has 8 nitrogen and oxygen atoms in total. The number of carbonyl (C=O) groups is 1. The minimum atomic E-state index is -0.125. The molecule has 0 spiro atoms. The lowest BCUT2D eigenvalue weighted by Crippen LogP contribution is -2.05. The molecule has 1 heterocycles. The molecule has 0 aliphatic carbocycles. The number of aromatic nitrogens is 2. The van der Waals surface area contributed by atoms with E-state index in [0.717, 1.165) is 16.6 Å². The van der Waals surface area contributed by atoms with Crippen molar-refractivity contribution in [2.75, 3.05) is 30.6 Å². The first-order valence-electron chi connectivity index (χ1n) is 9.91. The molecule has 0 bridgehead atoms. The van der Waals surface area contributed by atoms with Crippen LogP contribution in [0.5, 0.6) is 11.5 Å². The zero-order chi connectivity index (χ0) is 22.7. The van der Waals surface area contributed by atoms with Crippen molar-refractivity contribution >= 4 is 39.7 Å². The number of nitrogens with one attached hydrogen (secondary N) is 2. The van der Waals surface area contributed by atoms with Crippen LogP contribution in [-0.2, 0) is 4.79 Å². The van der Waals surface area contributed by atoms with Gasteiger partial charge >= 0.3 is 0 Å². The van der Waals surface area contributed by atoms with Crippen LogP contribution in [0.15, 0.2) is 60.7 Å². The Bertz CT molecular complexity index is 1290. The molecule has 1 aromatic heterocycles. The number of nitrogens with zero attached hydrogens (tertiary/aromatic N) is 2. The number of fused-ring (bicyclic) bond motifs is 1. The number of anilines is 4. The van der Waals surface area contributed by atoms with E-state index < -0.39 is 0 Å². The van der Waals surface area contributed by atoms with E-state index in [1.54, 1.807) is 14.2 Å². The van der Waals surface area contributed by atoms with E-state index >= 15 is 0 Å². The van der Waals surface area contributed by atoms with Gasteiger partial charge < -0.3 is 25.8 Å². The van der Waals surface area contributed by atoms with Gasteiger partial charge in [0, 0.05) is 41.0 Å². The van der Waals surface area contributed by atoms with Crippen molar-refractivity contribution in [3.8, 4) is 22.9 Å². The minimum Gasteiger partial charge on any atom is -0.493 e. The van der Waals surface area contributed by atoms with Gasteiger partial charge in [-0.15, -0.1) is 0 Å². The lowest BCUT2D eigenvalue weighted by atomic mass is 10.1. The molecule has 0 unspecified atom stereocenters. The van der Waals surface area contributed by atoms with E-state index in [9.17, 15) is 4.79 Å². The molecule has 0 saturated heterocycles. The van der Waals surface area contributed by atoms with E-state index in [1.807, 2.05) is 60.7 Å². The lowest BCUT2D eigenvalue weighted by molar-refractivity contribution is -0.114. The van der Waals surface area contributed by atoms with Crippen LogP contribution in [0.25, 0.3) is 22.3 Å². The predicted molar refractivity (Wildman–Crippen MR) is 127 cm³/mol. The van der Waals surface area contributed by atoms with Gasteiger partial charge in [0.25, 0.3) is 0 Å². The Labute approximate surface area is 185 Å². The molecule has 162 valence electrons. The first-order chi connectivity index (χ1) is 15.5. The van der Waals surface area contributed by atoms with Crippen molar-refractivity contribution in [2.24, 2.45) is 0 Å². The molecular weight excluding hydrogens is 406 g/mol. The van der Waals surface area contributed by atoms with Crippen LogP contribution in [0.2, 0.25) is 0 Å². The fourth-order valence-electron chi connectivity index (χ4n) is 3.33. The number of ether oxygens (including phenoxy) is 2. The maximum atomic E-state index is 11.3. The number of hydrogen-bond donors (Lipinski definition) is 3. The minimum absolute atomic E-state index is 0.125. The van der Waals surface area contributed by atoms with Crippen molar-refractivity contribution in [1.29, 1.82) is 0 Å². The summed E-state index contributed by atoms with van der Waals surface area (Å²) < 4.78 is 10.9. The molecule has 3 aromatic carbocycles. The van der Waals surface area contributed by atoms with Gasteiger partial charge in [0.05, 0.1) is 19.7 Å². The summed E-state index contributed by atoms with van der Waals surface area (Å²) in [6.07, 6.45) is 0. The molecule has 0 saturated carbocycles. The zero-order valence-corrected chi connectivity index (χ0v) is 18.0. The Morgan fingerprint density at radius 2 is 1.59 bits per heavy atom. The summed E-state index contributed by atoms with van der Waals surface area (Å²) >= 11 is 0. The van der Waals surface area contributed by atoms with Gasteiger partial charge in [0.15, 0.2) is 17.3 Å². The van der Waals surface area contributed by atoms with Crippen molar-refractivity contribution in [2.45, 2.75) is 6.92 Å². The first-order valence-corrected chi connectivity index (χ1v) is 9.91. The van der Waals surface area contributed by atoms with Gasteiger partial charge in [0.1, 0.15) is 5.82 Å². The van der Waals surface area contributed by atoms with Crippen LogP contribution in [0.3, 0.4) is 0 Å².